The topological polar surface area (TPSA) is 58.2 Å². The highest BCUT2D eigenvalue weighted by Gasteiger charge is 2.06. The summed E-state index contributed by atoms with van der Waals surface area (Å²) in [4.78, 5) is 22.4. The van der Waals surface area contributed by atoms with Gasteiger partial charge in [-0.3, -0.25) is 9.59 Å². The maximum absolute atomic E-state index is 11.5. The number of hydrogen-bond acceptors (Lipinski definition) is 2. The van der Waals surface area contributed by atoms with E-state index in [0.29, 0.717) is 6.42 Å². The van der Waals surface area contributed by atoms with Crippen molar-refractivity contribution in [2.45, 2.75) is 13.3 Å². The third-order valence-corrected chi connectivity index (χ3v) is 2.34. The molecule has 0 radical (unpaired) electrons. The zero-order valence-corrected chi connectivity index (χ0v) is 9.54. The SMILES string of the molecule is CNC(=O)CNC(=O)Cc1ccccc1C. The largest absolute Gasteiger partial charge is 0.358 e. The summed E-state index contributed by atoms with van der Waals surface area (Å²) < 4.78 is 0. The molecule has 0 aliphatic rings. The predicted molar refractivity (Wildman–Crippen MR) is 62.0 cm³/mol. The van der Waals surface area contributed by atoms with Crippen LogP contribution in [0.5, 0.6) is 0 Å². The van der Waals surface area contributed by atoms with Crippen LogP contribution in [0.25, 0.3) is 0 Å². The van der Waals surface area contributed by atoms with E-state index in [2.05, 4.69) is 10.6 Å². The van der Waals surface area contributed by atoms with Crippen LogP contribution in [-0.4, -0.2) is 25.4 Å². The molecule has 0 aliphatic heterocycles. The summed E-state index contributed by atoms with van der Waals surface area (Å²) in [7, 11) is 1.54. The summed E-state index contributed by atoms with van der Waals surface area (Å²) in [5.74, 6) is -0.337. The van der Waals surface area contributed by atoms with Gasteiger partial charge in [0.15, 0.2) is 0 Å². The Bertz CT molecular complexity index is 388. The third-order valence-electron chi connectivity index (χ3n) is 2.34. The molecule has 0 aromatic heterocycles. The van der Waals surface area contributed by atoms with E-state index in [4.69, 9.17) is 0 Å². The molecule has 86 valence electrons. The molecular weight excluding hydrogens is 204 g/mol. The van der Waals surface area contributed by atoms with Gasteiger partial charge in [-0.05, 0) is 18.1 Å². The summed E-state index contributed by atoms with van der Waals surface area (Å²) in [6.45, 7) is 1.99. The quantitative estimate of drug-likeness (QED) is 0.771. The van der Waals surface area contributed by atoms with Crippen LogP contribution in [0.4, 0.5) is 0 Å². The minimum Gasteiger partial charge on any atom is -0.358 e. The first-order valence-electron chi connectivity index (χ1n) is 5.15. The average Bonchev–Trinajstić information content (AvgIpc) is 2.29. The van der Waals surface area contributed by atoms with E-state index >= 15 is 0 Å². The second-order valence-corrected chi connectivity index (χ2v) is 3.55. The van der Waals surface area contributed by atoms with Gasteiger partial charge >= 0.3 is 0 Å². The molecule has 2 N–H and O–H groups in total. The van der Waals surface area contributed by atoms with Crippen molar-refractivity contribution < 1.29 is 9.59 Å². The van der Waals surface area contributed by atoms with Crippen LogP contribution in [0, 0.1) is 6.92 Å². The van der Waals surface area contributed by atoms with E-state index in [1.54, 1.807) is 0 Å². The predicted octanol–water partition coefficient (Wildman–Crippen LogP) is 0.400. The van der Waals surface area contributed by atoms with Gasteiger partial charge in [-0.2, -0.15) is 0 Å². The van der Waals surface area contributed by atoms with Gasteiger partial charge in [0.1, 0.15) is 0 Å². The van der Waals surface area contributed by atoms with Gasteiger partial charge < -0.3 is 10.6 Å². The van der Waals surface area contributed by atoms with Crippen molar-refractivity contribution in [3.8, 4) is 0 Å². The lowest BCUT2D eigenvalue weighted by atomic mass is 10.1. The molecule has 1 rings (SSSR count). The third kappa shape index (κ3) is 3.73. The normalized spacial score (nSPS) is 9.62. The Morgan fingerprint density at radius 3 is 2.50 bits per heavy atom. The monoisotopic (exact) mass is 220 g/mol. The number of carbonyl (C=O) groups is 2. The Balaban J connectivity index is 2.46. The number of likely N-dealkylation sites (N-methyl/N-ethyl adjacent to an activating group) is 1. The minimum absolute atomic E-state index is 0.0290. The number of benzene rings is 1. The number of rotatable bonds is 4. The molecule has 0 unspecified atom stereocenters. The molecule has 0 heterocycles. The molecule has 1 aromatic rings. The van der Waals surface area contributed by atoms with Crippen LogP contribution in [0.3, 0.4) is 0 Å². The van der Waals surface area contributed by atoms with Crippen LogP contribution < -0.4 is 10.6 Å². The summed E-state index contributed by atoms with van der Waals surface area (Å²) in [5, 5.41) is 5.00. The Hall–Kier alpha value is -1.84. The maximum atomic E-state index is 11.5. The lowest BCUT2D eigenvalue weighted by Gasteiger charge is -2.06. The number of aryl methyl sites for hydroxylation is 1. The van der Waals surface area contributed by atoms with Crippen LogP contribution in [0.15, 0.2) is 24.3 Å². The van der Waals surface area contributed by atoms with Gasteiger partial charge in [-0.15, -0.1) is 0 Å². The molecular formula is C12H16N2O2. The molecule has 0 saturated carbocycles. The first-order valence-corrected chi connectivity index (χ1v) is 5.15. The summed E-state index contributed by atoms with van der Waals surface area (Å²) in [6.07, 6.45) is 0.309. The lowest BCUT2D eigenvalue weighted by molar-refractivity contribution is -0.125. The highest BCUT2D eigenvalue weighted by Crippen LogP contribution is 2.07. The lowest BCUT2D eigenvalue weighted by Crippen LogP contribution is -2.35. The smallest absolute Gasteiger partial charge is 0.239 e. The minimum atomic E-state index is -0.196. The van der Waals surface area contributed by atoms with Gasteiger partial charge in [0, 0.05) is 7.05 Å². The van der Waals surface area contributed by atoms with Gasteiger partial charge in [0.2, 0.25) is 11.8 Å². The first kappa shape index (κ1) is 12.2. The van der Waals surface area contributed by atoms with Gasteiger partial charge in [-0.25, -0.2) is 0 Å². The standard InChI is InChI=1S/C12H16N2O2/c1-9-5-3-4-6-10(9)7-11(15)14-8-12(16)13-2/h3-6H,7-8H2,1-2H3,(H,13,16)(H,14,15). The second-order valence-electron chi connectivity index (χ2n) is 3.55. The zero-order valence-electron chi connectivity index (χ0n) is 9.54. The highest BCUT2D eigenvalue weighted by atomic mass is 16.2. The van der Waals surface area contributed by atoms with Crippen LogP contribution >= 0.6 is 0 Å². The fraction of sp³-hybridized carbons (Fsp3) is 0.333. The van der Waals surface area contributed by atoms with Crippen LogP contribution in [0.1, 0.15) is 11.1 Å². The average molecular weight is 220 g/mol. The van der Waals surface area contributed by atoms with E-state index in [1.807, 2.05) is 31.2 Å². The molecule has 0 bridgehead atoms. The number of hydrogen-bond donors (Lipinski definition) is 2. The van der Waals surface area contributed by atoms with Crippen molar-refractivity contribution in [1.82, 2.24) is 10.6 Å². The molecule has 2 amide bonds. The Kier molecular flexibility index (Phi) is 4.51. The highest BCUT2D eigenvalue weighted by molar-refractivity contribution is 5.85. The number of carbonyl (C=O) groups excluding carboxylic acids is 2. The van der Waals surface area contributed by atoms with Crippen molar-refractivity contribution in [3.63, 3.8) is 0 Å². The van der Waals surface area contributed by atoms with Gasteiger partial charge in [0.25, 0.3) is 0 Å². The maximum Gasteiger partial charge on any atom is 0.239 e. The molecule has 4 heteroatoms. The Morgan fingerprint density at radius 1 is 1.19 bits per heavy atom. The van der Waals surface area contributed by atoms with Crippen molar-refractivity contribution in [1.29, 1.82) is 0 Å². The second kappa shape index (κ2) is 5.90. The van der Waals surface area contributed by atoms with Crippen molar-refractivity contribution in [2.24, 2.45) is 0 Å². The molecule has 0 saturated heterocycles. The molecule has 0 fully saturated rings. The van der Waals surface area contributed by atoms with Gasteiger partial charge in [-0.1, -0.05) is 24.3 Å². The zero-order chi connectivity index (χ0) is 12.0. The number of nitrogens with one attached hydrogen (secondary N) is 2. The molecule has 4 nitrogen and oxygen atoms in total. The fourth-order valence-corrected chi connectivity index (χ4v) is 1.31. The molecule has 1 aromatic carbocycles. The number of amides is 2. The summed E-state index contributed by atoms with van der Waals surface area (Å²) >= 11 is 0. The van der Waals surface area contributed by atoms with Crippen molar-refractivity contribution in [3.05, 3.63) is 35.4 Å². The van der Waals surface area contributed by atoms with E-state index in [0.717, 1.165) is 11.1 Å². The molecule has 0 spiro atoms. The van der Waals surface area contributed by atoms with E-state index in [-0.39, 0.29) is 18.4 Å². The van der Waals surface area contributed by atoms with Crippen molar-refractivity contribution >= 4 is 11.8 Å². The van der Waals surface area contributed by atoms with Crippen molar-refractivity contribution in [2.75, 3.05) is 13.6 Å². The first-order chi connectivity index (χ1) is 7.63. The summed E-state index contributed by atoms with van der Waals surface area (Å²) in [6, 6.07) is 7.70. The van der Waals surface area contributed by atoms with Gasteiger partial charge in [0.05, 0.1) is 13.0 Å². The van der Waals surface area contributed by atoms with E-state index in [9.17, 15) is 9.59 Å². The Morgan fingerprint density at radius 2 is 1.88 bits per heavy atom. The van der Waals surface area contributed by atoms with E-state index < -0.39 is 0 Å². The molecule has 0 aliphatic carbocycles. The summed E-state index contributed by atoms with van der Waals surface area (Å²) in [5.41, 5.74) is 2.06. The molecule has 0 atom stereocenters. The molecule has 16 heavy (non-hydrogen) atoms. The van der Waals surface area contributed by atoms with Crippen LogP contribution in [0.2, 0.25) is 0 Å². The Labute approximate surface area is 95.0 Å². The van der Waals surface area contributed by atoms with E-state index in [1.165, 1.54) is 7.05 Å². The fourth-order valence-electron chi connectivity index (χ4n) is 1.31. The van der Waals surface area contributed by atoms with Crippen LogP contribution in [-0.2, 0) is 16.0 Å².